The number of nitrogens with zero attached hydrogens (tertiary/aromatic N) is 2. The predicted octanol–water partition coefficient (Wildman–Crippen LogP) is 5.68. The normalized spacial score (nSPS) is 13.6. The molecule has 0 saturated heterocycles. The lowest BCUT2D eigenvalue weighted by atomic mass is 10.2. The van der Waals surface area contributed by atoms with E-state index in [9.17, 15) is 13.2 Å². The van der Waals surface area contributed by atoms with Gasteiger partial charge in [0.05, 0.1) is 16.9 Å². The van der Waals surface area contributed by atoms with Crippen LogP contribution in [0.1, 0.15) is 22.6 Å². The average Bonchev–Trinajstić information content (AvgIpc) is 3.25. The zero-order valence-electron chi connectivity index (χ0n) is 14.9. The van der Waals surface area contributed by atoms with Gasteiger partial charge in [-0.25, -0.2) is 9.97 Å². The summed E-state index contributed by atoms with van der Waals surface area (Å²) in [5.74, 6) is 0.354. The summed E-state index contributed by atoms with van der Waals surface area (Å²) in [5.41, 5.74) is 2.07. The Bertz CT molecular complexity index is 962. The fourth-order valence-corrected chi connectivity index (χ4v) is 4.80. The molecule has 9 heteroatoms. The van der Waals surface area contributed by atoms with Gasteiger partial charge in [0.2, 0.25) is 0 Å². The third kappa shape index (κ3) is 4.01. The van der Waals surface area contributed by atoms with Crippen LogP contribution < -0.4 is 10.0 Å². The zero-order chi connectivity index (χ0) is 19.7. The second kappa shape index (κ2) is 7.73. The molecule has 2 N–H and O–H groups in total. The first-order chi connectivity index (χ1) is 13.4. The molecule has 4 nitrogen and oxygen atoms in total. The second-order valence-electron chi connectivity index (χ2n) is 6.31. The average molecular weight is 423 g/mol. The van der Waals surface area contributed by atoms with Gasteiger partial charge in [-0.3, -0.25) is 4.72 Å². The van der Waals surface area contributed by atoms with Gasteiger partial charge in [0, 0.05) is 21.5 Å². The van der Waals surface area contributed by atoms with Crippen molar-refractivity contribution in [2.24, 2.45) is 0 Å². The van der Waals surface area contributed by atoms with Gasteiger partial charge >= 0.3 is 6.18 Å². The molecule has 0 radical (unpaired) electrons. The van der Waals surface area contributed by atoms with E-state index >= 15 is 0 Å². The van der Waals surface area contributed by atoms with Crippen LogP contribution in [0, 0.1) is 0 Å². The Hall–Kier alpha value is -2.10. The van der Waals surface area contributed by atoms with E-state index in [1.807, 2.05) is 25.2 Å². The van der Waals surface area contributed by atoms with Gasteiger partial charge in [-0.1, -0.05) is 0 Å². The molecule has 28 heavy (non-hydrogen) atoms. The summed E-state index contributed by atoms with van der Waals surface area (Å²) in [6.45, 7) is 0. The maximum atomic E-state index is 12.8. The van der Waals surface area contributed by atoms with Crippen molar-refractivity contribution < 1.29 is 13.2 Å². The van der Waals surface area contributed by atoms with E-state index < -0.39 is 11.7 Å². The molecule has 3 aromatic rings. The summed E-state index contributed by atoms with van der Waals surface area (Å²) >= 11 is 3.18. The lowest BCUT2D eigenvalue weighted by Gasteiger charge is -2.13. The molecule has 4 rings (SSSR count). The lowest BCUT2D eigenvalue weighted by Crippen LogP contribution is -2.06. The van der Waals surface area contributed by atoms with E-state index in [0.717, 1.165) is 58.4 Å². The molecule has 0 spiro atoms. The van der Waals surface area contributed by atoms with Crippen LogP contribution in [0.2, 0.25) is 0 Å². The highest BCUT2D eigenvalue weighted by Gasteiger charge is 2.30. The molecule has 0 bridgehead atoms. The molecule has 1 aromatic carbocycles. The van der Waals surface area contributed by atoms with Gasteiger partial charge in [0.25, 0.3) is 0 Å². The minimum absolute atomic E-state index is 0.354. The fraction of sp³-hybridized carbons (Fsp3) is 0.263. The van der Waals surface area contributed by atoms with E-state index in [1.165, 1.54) is 22.9 Å². The number of fused-ring (bicyclic) bond motifs is 1. The molecule has 0 saturated carbocycles. The number of rotatable bonds is 5. The van der Waals surface area contributed by atoms with Crippen molar-refractivity contribution in [3.8, 4) is 10.6 Å². The number of aryl methyl sites for hydroxylation is 2. The summed E-state index contributed by atoms with van der Waals surface area (Å²) in [6.07, 6.45) is -0.360. The number of benzene rings is 1. The van der Waals surface area contributed by atoms with Crippen LogP contribution in [-0.2, 0) is 19.0 Å². The quantitative estimate of drug-likeness (QED) is 0.518. The maximum absolute atomic E-state index is 12.8. The molecule has 2 heterocycles. The van der Waals surface area contributed by atoms with Gasteiger partial charge in [0.15, 0.2) is 0 Å². The van der Waals surface area contributed by atoms with Crippen molar-refractivity contribution >= 4 is 34.8 Å². The van der Waals surface area contributed by atoms with E-state index in [0.29, 0.717) is 5.82 Å². The molecule has 146 valence electrons. The lowest BCUT2D eigenvalue weighted by molar-refractivity contribution is -0.137. The number of anilines is 2. The molecule has 0 atom stereocenters. The van der Waals surface area contributed by atoms with Gasteiger partial charge in [-0.2, -0.15) is 13.2 Å². The Morgan fingerprint density at radius 2 is 2.00 bits per heavy atom. The van der Waals surface area contributed by atoms with Gasteiger partial charge in [-0.05, 0) is 68.6 Å². The van der Waals surface area contributed by atoms with Crippen LogP contribution in [0.5, 0.6) is 0 Å². The van der Waals surface area contributed by atoms with Crippen molar-refractivity contribution in [2.75, 3.05) is 12.4 Å². The largest absolute Gasteiger partial charge is 0.417 e. The van der Waals surface area contributed by atoms with Crippen LogP contribution in [0.25, 0.3) is 10.6 Å². The van der Waals surface area contributed by atoms with Crippen molar-refractivity contribution in [2.45, 2.75) is 30.3 Å². The van der Waals surface area contributed by atoms with E-state index in [-0.39, 0.29) is 0 Å². The molecule has 2 aromatic heterocycles. The third-order valence-corrected chi connectivity index (χ3v) is 6.28. The number of hydrogen-bond acceptors (Lipinski definition) is 6. The smallest absolute Gasteiger partial charge is 0.340 e. The Balaban J connectivity index is 1.67. The van der Waals surface area contributed by atoms with Crippen molar-refractivity contribution in [3.63, 3.8) is 0 Å². The van der Waals surface area contributed by atoms with Gasteiger partial charge in [0.1, 0.15) is 10.8 Å². The van der Waals surface area contributed by atoms with Gasteiger partial charge < -0.3 is 5.32 Å². The molecule has 0 unspecified atom stereocenters. The number of nitrogens with one attached hydrogen (secondary N) is 2. The topological polar surface area (TPSA) is 49.8 Å². The monoisotopic (exact) mass is 422 g/mol. The van der Waals surface area contributed by atoms with E-state index in [4.69, 9.17) is 4.98 Å². The number of alkyl halides is 3. The molecular weight excluding hydrogens is 405 g/mol. The summed E-state index contributed by atoms with van der Waals surface area (Å²) in [6, 6.07) is 8.24. The van der Waals surface area contributed by atoms with Gasteiger partial charge in [-0.15, -0.1) is 11.3 Å². The standard InChI is InChI=1S/C19H17F3N4S2/c1-23-28-12-6-7-14(25-17-8-5-11(10-24-17)19(20,21)22)13(9-12)18-26-15-3-2-4-16(15)27-18/h5-10,23H,2-4H2,1H3,(H,24,25). The first-order valence-corrected chi connectivity index (χ1v) is 10.3. The third-order valence-electron chi connectivity index (χ3n) is 4.39. The predicted molar refractivity (Wildman–Crippen MR) is 107 cm³/mol. The maximum Gasteiger partial charge on any atom is 0.417 e. The SMILES string of the molecule is CNSc1ccc(Nc2ccc(C(F)(F)F)cn2)c(-c2nc3c(s2)CCC3)c1. The first kappa shape index (κ1) is 19.2. The summed E-state index contributed by atoms with van der Waals surface area (Å²) < 4.78 is 41.3. The molecule has 1 aliphatic carbocycles. The first-order valence-electron chi connectivity index (χ1n) is 8.71. The van der Waals surface area contributed by atoms with Crippen molar-refractivity contribution in [1.29, 1.82) is 0 Å². The van der Waals surface area contributed by atoms with Crippen LogP contribution in [0.15, 0.2) is 41.4 Å². The number of thiazole rings is 1. The summed E-state index contributed by atoms with van der Waals surface area (Å²) in [7, 11) is 1.85. The fourth-order valence-electron chi connectivity index (χ4n) is 3.07. The number of aromatic nitrogens is 2. The number of hydrogen-bond donors (Lipinski definition) is 2. The van der Waals surface area contributed by atoms with E-state index in [2.05, 4.69) is 15.0 Å². The summed E-state index contributed by atoms with van der Waals surface area (Å²) in [5, 5.41) is 4.06. The highest BCUT2D eigenvalue weighted by molar-refractivity contribution is 7.97. The Labute approximate surface area is 168 Å². The molecule has 0 fully saturated rings. The van der Waals surface area contributed by atoms with Crippen molar-refractivity contribution in [3.05, 3.63) is 52.7 Å². The molecular formula is C19H17F3N4S2. The van der Waals surface area contributed by atoms with Crippen LogP contribution in [0.4, 0.5) is 24.7 Å². The highest BCUT2D eigenvalue weighted by atomic mass is 32.2. The molecule has 0 aliphatic heterocycles. The summed E-state index contributed by atoms with van der Waals surface area (Å²) in [4.78, 5) is 11.1. The van der Waals surface area contributed by atoms with Crippen LogP contribution in [0.3, 0.4) is 0 Å². The number of halogens is 3. The molecule has 0 amide bonds. The van der Waals surface area contributed by atoms with E-state index in [1.54, 1.807) is 11.3 Å². The Morgan fingerprint density at radius 1 is 1.14 bits per heavy atom. The molecule has 1 aliphatic rings. The minimum atomic E-state index is -4.40. The minimum Gasteiger partial charge on any atom is -0.340 e. The zero-order valence-corrected chi connectivity index (χ0v) is 16.6. The Kier molecular flexibility index (Phi) is 5.31. The van der Waals surface area contributed by atoms with Crippen LogP contribution >= 0.6 is 23.3 Å². The Morgan fingerprint density at radius 3 is 2.68 bits per heavy atom. The second-order valence-corrected chi connectivity index (χ2v) is 8.48. The van der Waals surface area contributed by atoms with Crippen molar-refractivity contribution in [1.82, 2.24) is 14.7 Å². The van der Waals surface area contributed by atoms with Crippen LogP contribution in [-0.4, -0.2) is 17.0 Å². The number of pyridine rings is 1. The highest BCUT2D eigenvalue weighted by Crippen LogP contribution is 2.39.